The maximum Gasteiger partial charge on any atom is 0.211 e. The van der Waals surface area contributed by atoms with Crippen LogP contribution in [0.3, 0.4) is 0 Å². The molecule has 1 aromatic carbocycles. The van der Waals surface area contributed by atoms with Gasteiger partial charge in [-0.2, -0.15) is 0 Å². The molecule has 3 rings (SSSR count). The summed E-state index contributed by atoms with van der Waals surface area (Å²) in [5, 5.41) is 0.990. The van der Waals surface area contributed by atoms with Gasteiger partial charge in [-0.05, 0) is 37.4 Å². The number of carbonyl (C=O) groups excluding carboxylic acids is 1. The summed E-state index contributed by atoms with van der Waals surface area (Å²) in [6, 6.07) is 9.56. The van der Waals surface area contributed by atoms with Gasteiger partial charge in [-0.15, -0.1) is 0 Å². The fraction of sp³-hybridized carbons (Fsp3) is 0.438. The Balaban J connectivity index is 1.66. The number of para-hydroxylation sites is 1. The molecule has 1 aliphatic carbocycles. The molecule has 2 aromatic rings. The lowest BCUT2D eigenvalue weighted by Gasteiger charge is -2.14. The molecule has 2 unspecified atom stereocenters. The van der Waals surface area contributed by atoms with Crippen molar-refractivity contribution in [1.82, 2.24) is 4.90 Å². The molecule has 100 valence electrons. The Kier molecular flexibility index (Phi) is 3.15. The van der Waals surface area contributed by atoms with Gasteiger partial charge in [-0.1, -0.05) is 25.1 Å². The second kappa shape index (κ2) is 4.82. The van der Waals surface area contributed by atoms with Crippen molar-refractivity contribution in [3.8, 4) is 0 Å². The van der Waals surface area contributed by atoms with Crippen molar-refractivity contribution in [2.75, 3.05) is 20.1 Å². The second-order valence-corrected chi connectivity index (χ2v) is 5.74. The molecule has 0 aliphatic heterocycles. The molecule has 19 heavy (non-hydrogen) atoms. The Morgan fingerprint density at radius 2 is 2.16 bits per heavy atom. The highest BCUT2D eigenvalue weighted by molar-refractivity contribution is 5.98. The van der Waals surface area contributed by atoms with Crippen molar-refractivity contribution in [1.29, 1.82) is 0 Å². The molecule has 1 heterocycles. The third-order valence-corrected chi connectivity index (χ3v) is 3.94. The number of fused-ring (bicyclic) bond motifs is 1. The van der Waals surface area contributed by atoms with Crippen LogP contribution in [-0.2, 0) is 0 Å². The molecule has 3 nitrogen and oxygen atoms in total. The number of carbonyl (C=O) groups is 1. The molecule has 0 spiro atoms. The van der Waals surface area contributed by atoms with E-state index in [9.17, 15) is 4.79 Å². The largest absolute Gasteiger partial charge is 0.453 e. The third kappa shape index (κ3) is 2.71. The van der Waals surface area contributed by atoms with Crippen molar-refractivity contribution in [2.45, 2.75) is 13.3 Å². The molecule has 1 fully saturated rings. The van der Waals surface area contributed by atoms with Crippen LogP contribution < -0.4 is 0 Å². The van der Waals surface area contributed by atoms with Crippen LogP contribution in [0, 0.1) is 11.8 Å². The van der Waals surface area contributed by atoms with Crippen LogP contribution in [-0.4, -0.2) is 30.8 Å². The van der Waals surface area contributed by atoms with Crippen LogP contribution in [0.2, 0.25) is 0 Å². The Morgan fingerprint density at radius 3 is 2.84 bits per heavy atom. The molecule has 3 heteroatoms. The van der Waals surface area contributed by atoms with Crippen LogP contribution in [0.25, 0.3) is 11.0 Å². The number of likely N-dealkylation sites (N-methyl/N-ethyl adjacent to an activating group) is 1. The number of hydrogen-bond donors (Lipinski definition) is 0. The molecule has 1 aliphatic rings. The maximum atomic E-state index is 12.2. The van der Waals surface area contributed by atoms with Gasteiger partial charge in [0, 0.05) is 11.9 Å². The summed E-state index contributed by atoms with van der Waals surface area (Å²) in [6.45, 7) is 3.70. The van der Waals surface area contributed by atoms with Crippen molar-refractivity contribution in [2.24, 2.45) is 11.8 Å². The van der Waals surface area contributed by atoms with Gasteiger partial charge in [0.1, 0.15) is 5.58 Å². The van der Waals surface area contributed by atoms with Crippen molar-refractivity contribution in [3.05, 3.63) is 36.1 Å². The van der Waals surface area contributed by atoms with E-state index in [1.165, 1.54) is 6.42 Å². The van der Waals surface area contributed by atoms with Gasteiger partial charge >= 0.3 is 0 Å². The molecular weight excluding hydrogens is 238 g/mol. The summed E-state index contributed by atoms with van der Waals surface area (Å²) in [5.74, 6) is 2.13. The summed E-state index contributed by atoms with van der Waals surface area (Å²) in [7, 11) is 2.01. The summed E-state index contributed by atoms with van der Waals surface area (Å²) in [6.07, 6.45) is 1.29. The lowest BCUT2D eigenvalue weighted by Crippen LogP contribution is -2.28. The minimum atomic E-state index is 0.0620. The van der Waals surface area contributed by atoms with E-state index in [1.807, 2.05) is 37.4 Å². The Hall–Kier alpha value is -1.61. The van der Waals surface area contributed by atoms with Gasteiger partial charge < -0.3 is 4.42 Å². The van der Waals surface area contributed by atoms with Crippen molar-refractivity contribution >= 4 is 16.8 Å². The van der Waals surface area contributed by atoms with Crippen molar-refractivity contribution < 1.29 is 9.21 Å². The lowest BCUT2D eigenvalue weighted by molar-refractivity contribution is 0.0918. The zero-order valence-corrected chi connectivity index (χ0v) is 11.4. The first kappa shape index (κ1) is 12.4. The van der Waals surface area contributed by atoms with E-state index in [1.54, 1.807) is 0 Å². The Morgan fingerprint density at radius 1 is 1.42 bits per heavy atom. The van der Waals surface area contributed by atoms with E-state index in [-0.39, 0.29) is 5.78 Å². The summed E-state index contributed by atoms with van der Waals surface area (Å²) in [5.41, 5.74) is 0.782. The summed E-state index contributed by atoms with van der Waals surface area (Å²) in [4.78, 5) is 14.3. The number of benzene rings is 1. The van der Waals surface area contributed by atoms with Gasteiger partial charge in [0.05, 0.1) is 6.54 Å². The van der Waals surface area contributed by atoms with Gasteiger partial charge in [-0.3, -0.25) is 9.69 Å². The number of furan rings is 1. The van der Waals surface area contributed by atoms with Gasteiger partial charge in [-0.25, -0.2) is 0 Å². The maximum absolute atomic E-state index is 12.2. The first-order valence-electron chi connectivity index (χ1n) is 6.84. The summed E-state index contributed by atoms with van der Waals surface area (Å²) >= 11 is 0. The molecule has 0 saturated heterocycles. The molecule has 0 N–H and O–H groups in total. The average molecular weight is 257 g/mol. The summed E-state index contributed by atoms with van der Waals surface area (Å²) < 4.78 is 5.60. The van der Waals surface area contributed by atoms with Gasteiger partial charge in [0.25, 0.3) is 0 Å². The average Bonchev–Trinajstić information content (AvgIpc) is 2.92. The Bertz CT molecular complexity index is 569. The minimum absolute atomic E-state index is 0.0620. The van der Waals surface area contributed by atoms with E-state index in [4.69, 9.17) is 4.42 Å². The molecule has 1 aromatic heterocycles. The van der Waals surface area contributed by atoms with E-state index < -0.39 is 0 Å². The quantitative estimate of drug-likeness (QED) is 0.771. The number of ketones is 1. The smallest absolute Gasteiger partial charge is 0.211 e. The molecule has 0 radical (unpaired) electrons. The van der Waals surface area contributed by atoms with E-state index >= 15 is 0 Å². The molecular formula is C16H19NO2. The monoisotopic (exact) mass is 257 g/mol. The first-order valence-corrected chi connectivity index (χ1v) is 6.84. The fourth-order valence-corrected chi connectivity index (χ4v) is 2.56. The normalized spacial score (nSPS) is 22.1. The van der Waals surface area contributed by atoms with Crippen LogP contribution in [0.5, 0.6) is 0 Å². The van der Waals surface area contributed by atoms with Crippen molar-refractivity contribution in [3.63, 3.8) is 0 Å². The van der Waals surface area contributed by atoms with Gasteiger partial charge in [0.15, 0.2) is 5.76 Å². The number of nitrogens with zero attached hydrogens (tertiary/aromatic N) is 1. The zero-order chi connectivity index (χ0) is 13.4. The van der Waals surface area contributed by atoms with Gasteiger partial charge in [0.2, 0.25) is 5.78 Å². The lowest BCUT2D eigenvalue weighted by atomic mass is 10.2. The standard InChI is InChI=1S/C16H19NO2/c1-11-7-13(11)9-17(2)10-14(18)16-8-12-5-3-4-6-15(12)19-16/h3-6,8,11,13H,7,9-10H2,1-2H3. The highest BCUT2D eigenvalue weighted by atomic mass is 16.3. The Labute approximate surface area is 113 Å². The first-order chi connectivity index (χ1) is 9.13. The number of rotatable bonds is 5. The number of hydrogen-bond acceptors (Lipinski definition) is 3. The molecule has 2 atom stereocenters. The minimum Gasteiger partial charge on any atom is -0.453 e. The predicted octanol–water partition coefficient (Wildman–Crippen LogP) is 3.20. The molecule has 0 bridgehead atoms. The van der Waals surface area contributed by atoms with E-state index in [0.717, 1.165) is 29.3 Å². The zero-order valence-electron chi connectivity index (χ0n) is 11.4. The third-order valence-electron chi connectivity index (χ3n) is 3.94. The van der Waals surface area contributed by atoms with E-state index in [2.05, 4.69) is 11.8 Å². The van der Waals surface area contributed by atoms with E-state index in [0.29, 0.717) is 12.3 Å². The highest BCUT2D eigenvalue weighted by Crippen LogP contribution is 2.37. The second-order valence-electron chi connectivity index (χ2n) is 5.74. The SMILES string of the molecule is CC1CC1CN(C)CC(=O)c1cc2ccccc2o1. The van der Waals surface area contributed by atoms with Crippen LogP contribution in [0.1, 0.15) is 23.9 Å². The van der Waals surface area contributed by atoms with Crippen LogP contribution in [0.4, 0.5) is 0 Å². The predicted molar refractivity (Wildman–Crippen MR) is 75.3 cm³/mol. The van der Waals surface area contributed by atoms with Crippen LogP contribution >= 0.6 is 0 Å². The van der Waals surface area contributed by atoms with Crippen LogP contribution in [0.15, 0.2) is 34.7 Å². The fourth-order valence-electron chi connectivity index (χ4n) is 2.56. The molecule has 0 amide bonds. The molecule has 1 saturated carbocycles. The highest BCUT2D eigenvalue weighted by Gasteiger charge is 2.33. The number of Topliss-reactive ketones (excluding diaryl/α,β-unsaturated/α-hetero) is 1. The topological polar surface area (TPSA) is 33.5 Å².